The van der Waals surface area contributed by atoms with Gasteiger partial charge in [-0.2, -0.15) is 0 Å². The lowest BCUT2D eigenvalue weighted by Crippen LogP contribution is -2.49. The Balaban J connectivity index is 1.85. The molecule has 2 heterocycles. The first kappa shape index (κ1) is 26.1. The molecule has 0 saturated carbocycles. The lowest BCUT2D eigenvalue weighted by atomic mass is 9.78. The van der Waals surface area contributed by atoms with E-state index in [-0.39, 0.29) is 23.6 Å². The maximum Gasteiger partial charge on any atom is 0.254 e. The summed E-state index contributed by atoms with van der Waals surface area (Å²) in [6, 6.07) is 8.10. The van der Waals surface area contributed by atoms with Gasteiger partial charge >= 0.3 is 0 Å². The Morgan fingerprint density at radius 3 is 2.00 bits per heavy atom. The van der Waals surface area contributed by atoms with E-state index in [4.69, 9.17) is 24.7 Å². The van der Waals surface area contributed by atoms with Crippen LogP contribution in [0, 0.1) is 5.92 Å². The van der Waals surface area contributed by atoms with Gasteiger partial charge in [0.15, 0.2) is 23.0 Å². The molecule has 0 bridgehead atoms. The number of rotatable bonds is 7. The molecule has 3 amide bonds. The van der Waals surface area contributed by atoms with E-state index in [1.54, 1.807) is 48.2 Å². The zero-order valence-corrected chi connectivity index (χ0v) is 21.8. The molecule has 0 unspecified atom stereocenters. The minimum atomic E-state index is -0.735. The van der Waals surface area contributed by atoms with Crippen molar-refractivity contribution in [3.05, 3.63) is 47.0 Å². The topological polar surface area (TPSA) is 121 Å². The maximum absolute atomic E-state index is 14.2. The van der Waals surface area contributed by atoms with Crippen molar-refractivity contribution >= 4 is 17.7 Å². The number of likely N-dealkylation sites (tertiary alicyclic amines) is 1. The summed E-state index contributed by atoms with van der Waals surface area (Å²) < 4.78 is 21.9. The van der Waals surface area contributed by atoms with Crippen LogP contribution >= 0.6 is 0 Å². The molecule has 2 N–H and O–H groups in total. The van der Waals surface area contributed by atoms with E-state index >= 15 is 0 Å². The standard InChI is InChI=1S/C27H33N3O7/c1-29-24(16-6-7-19(34-2)20(12-16)35-3)23(27(33)30-10-8-15(9-11-30)25(28)31)17-13-21(36-4)22(37-5)14-18(17)26(29)32/h6-7,12-15,23-24H,8-11H2,1-5H3,(H2,28,31)/t23-,24+/m1/s1. The number of nitrogens with zero attached hydrogens (tertiary/aromatic N) is 2. The van der Waals surface area contributed by atoms with E-state index < -0.39 is 12.0 Å². The average Bonchev–Trinajstić information content (AvgIpc) is 2.93. The number of primary amides is 1. The number of fused-ring (bicyclic) bond motifs is 1. The first-order valence-electron chi connectivity index (χ1n) is 12.1. The number of methoxy groups -OCH3 is 4. The summed E-state index contributed by atoms with van der Waals surface area (Å²) in [6.07, 6.45) is 1.00. The molecule has 0 aromatic heterocycles. The highest BCUT2D eigenvalue weighted by atomic mass is 16.5. The van der Waals surface area contributed by atoms with Crippen molar-refractivity contribution in [2.24, 2.45) is 11.7 Å². The average molecular weight is 512 g/mol. The van der Waals surface area contributed by atoms with Gasteiger partial charge in [-0.15, -0.1) is 0 Å². The molecular weight excluding hydrogens is 478 g/mol. The molecule has 2 aromatic carbocycles. The van der Waals surface area contributed by atoms with E-state index in [1.165, 1.54) is 21.3 Å². The van der Waals surface area contributed by atoms with E-state index in [1.807, 2.05) is 6.07 Å². The van der Waals surface area contributed by atoms with E-state index in [9.17, 15) is 14.4 Å². The van der Waals surface area contributed by atoms with Crippen LogP contribution in [-0.4, -0.2) is 76.1 Å². The number of hydrogen-bond acceptors (Lipinski definition) is 7. The minimum Gasteiger partial charge on any atom is -0.493 e. The summed E-state index contributed by atoms with van der Waals surface area (Å²) in [5.74, 6) is 0.143. The second-order valence-electron chi connectivity index (χ2n) is 9.25. The van der Waals surface area contributed by atoms with Gasteiger partial charge in [0.1, 0.15) is 0 Å². The van der Waals surface area contributed by atoms with Crippen molar-refractivity contribution < 1.29 is 33.3 Å². The summed E-state index contributed by atoms with van der Waals surface area (Å²) in [7, 11) is 7.78. The molecule has 0 aliphatic carbocycles. The quantitative estimate of drug-likeness (QED) is 0.606. The minimum absolute atomic E-state index is 0.143. The van der Waals surface area contributed by atoms with Crippen LogP contribution in [0.1, 0.15) is 46.3 Å². The Kier molecular flexibility index (Phi) is 7.47. The Morgan fingerprint density at radius 1 is 0.865 bits per heavy atom. The monoisotopic (exact) mass is 511 g/mol. The molecule has 10 nitrogen and oxygen atoms in total. The summed E-state index contributed by atoms with van der Waals surface area (Å²) in [4.78, 5) is 42.8. The number of carbonyl (C=O) groups is 3. The second kappa shape index (κ2) is 10.6. The summed E-state index contributed by atoms with van der Waals surface area (Å²) in [5, 5.41) is 0. The first-order chi connectivity index (χ1) is 17.7. The number of benzene rings is 2. The molecule has 37 heavy (non-hydrogen) atoms. The highest BCUT2D eigenvalue weighted by molar-refractivity contribution is 6.02. The van der Waals surface area contributed by atoms with Crippen LogP contribution < -0.4 is 24.7 Å². The smallest absolute Gasteiger partial charge is 0.254 e. The number of carbonyl (C=O) groups excluding carboxylic acids is 3. The SMILES string of the molecule is COc1ccc([C@H]2[C@H](C(=O)N3CCC(C(N)=O)CC3)c3cc(OC)c(OC)cc3C(=O)N2C)cc1OC. The van der Waals surface area contributed by atoms with Crippen molar-refractivity contribution in [1.82, 2.24) is 9.80 Å². The third-order valence-corrected chi connectivity index (χ3v) is 7.40. The Morgan fingerprint density at radius 2 is 1.43 bits per heavy atom. The van der Waals surface area contributed by atoms with Crippen molar-refractivity contribution in [3.8, 4) is 23.0 Å². The maximum atomic E-state index is 14.2. The van der Waals surface area contributed by atoms with Gasteiger partial charge in [0.2, 0.25) is 11.8 Å². The van der Waals surface area contributed by atoms with E-state index in [0.717, 1.165) is 5.56 Å². The van der Waals surface area contributed by atoms with Gasteiger partial charge in [-0.1, -0.05) is 6.07 Å². The van der Waals surface area contributed by atoms with Gasteiger partial charge in [0.05, 0.1) is 40.4 Å². The predicted octanol–water partition coefficient (Wildman–Crippen LogP) is 2.36. The highest BCUT2D eigenvalue weighted by Crippen LogP contribution is 2.47. The van der Waals surface area contributed by atoms with Crippen molar-refractivity contribution in [2.45, 2.75) is 24.8 Å². The van der Waals surface area contributed by atoms with Crippen LogP contribution in [0.4, 0.5) is 0 Å². The van der Waals surface area contributed by atoms with Crippen LogP contribution in [0.15, 0.2) is 30.3 Å². The number of hydrogen-bond donors (Lipinski definition) is 1. The van der Waals surface area contributed by atoms with Crippen molar-refractivity contribution in [3.63, 3.8) is 0 Å². The van der Waals surface area contributed by atoms with E-state index in [2.05, 4.69) is 0 Å². The Labute approximate surface area is 216 Å². The van der Waals surface area contributed by atoms with E-state index in [0.29, 0.717) is 60.1 Å². The third-order valence-electron chi connectivity index (χ3n) is 7.40. The van der Waals surface area contributed by atoms with Crippen LogP contribution in [0.2, 0.25) is 0 Å². The zero-order chi connectivity index (χ0) is 26.9. The molecule has 2 aliphatic heterocycles. The van der Waals surface area contributed by atoms with Gasteiger partial charge in [-0.25, -0.2) is 0 Å². The van der Waals surface area contributed by atoms with Gasteiger partial charge in [0, 0.05) is 31.6 Å². The van der Waals surface area contributed by atoms with Crippen LogP contribution in [0.3, 0.4) is 0 Å². The molecule has 0 spiro atoms. The molecule has 198 valence electrons. The number of likely N-dealkylation sites (N-methyl/N-ethyl adjacent to an activating group) is 1. The largest absolute Gasteiger partial charge is 0.493 e. The summed E-state index contributed by atoms with van der Waals surface area (Å²) in [6.45, 7) is 0.809. The fraction of sp³-hybridized carbons (Fsp3) is 0.444. The molecule has 2 aromatic rings. The van der Waals surface area contributed by atoms with Gasteiger partial charge in [0.25, 0.3) is 5.91 Å². The third kappa shape index (κ3) is 4.63. The Hall–Kier alpha value is -3.95. The van der Waals surface area contributed by atoms with Crippen LogP contribution in [0.25, 0.3) is 0 Å². The molecule has 2 aliphatic rings. The van der Waals surface area contributed by atoms with Gasteiger partial charge in [-0.3, -0.25) is 14.4 Å². The molecule has 1 fully saturated rings. The van der Waals surface area contributed by atoms with Crippen molar-refractivity contribution in [2.75, 3.05) is 48.6 Å². The lowest BCUT2D eigenvalue weighted by Gasteiger charge is -2.43. The van der Waals surface area contributed by atoms with Crippen molar-refractivity contribution in [1.29, 1.82) is 0 Å². The molecule has 4 rings (SSSR count). The predicted molar refractivity (Wildman–Crippen MR) is 135 cm³/mol. The van der Waals surface area contributed by atoms with Crippen LogP contribution in [-0.2, 0) is 9.59 Å². The van der Waals surface area contributed by atoms with Gasteiger partial charge in [-0.05, 0) is 48.2 Å². The summed E-state index contributed by atoms with van der Waals surface area (Å²) >= 11 is 0. The lowest BCUT2D eigenvalue weighted by molar-refractivity contribution is -0.137. The molecule has 2 atom stereocenters. The zero-order valence-electron chi connectivity index (χ0n) is 21.8. The molecule has 1 saturated heterocycles. The van der Waals surface area contributed by atoms with Crippen LogP contribution in [0.5, 0.6) is 23.0 Å². The highest BCUT2D eigenvalue weighted by Gasteiger charge is 2.45. The molecular formula is C27H33N3O7. The number of amides is 3. The number of ether oxygens (including phenoxy) is 4. The second-order valence-corrected chi connectivity index (χ2v) is 9.25. The molecule has 0 radical (unpaired) electrons. The normalized spacial score (nSPS) is 19.8. The molecule has 10 heteroatoms. The Bertz CT molecular complexity index is 1210. The first-order valence-corrected chi connectivity index (χ1v) is 12.1. The van der Waals surface area contributed by atoms with Gasteiger partial charge < -0.3 is 34.5 Å². The fourth-order valence-electron chi connectivity index (χ4n) is 5.35. The summed E-state index contributed by atoms with van der Waals surface area (Å²) in [5.41, 5.74) is 7.16. The number of nitrogens with two attached hydrogens (primary N) is 1. The fourth-order valence-corrected chi connectivity index (χ4v) is 5.35. The number of piperidine rings is 1.